The molecule has 0 atom stereocenters. The highest BCUT2D eigenvalue weighted by atomic mass is 16.7. The number of allylic oxidation sites excluding steroid dienone is 3. The number of carbonyl (C=O) groups is 1. The van der Waals surface area contributed by atoms with Gasteiger partial charge in [0.05, 0.1) is 18.3 Å². The highest BCUT2D eigenvalue weighted by molar-refractivity contribution is 6.54. The molecule has 19 heavy (non-hydrogen) atoms. The molecule has 5 heteroatoms. The van der Waals surface area contributed by atoms with Crippen LogP contribution in [0.4, 0.5) is 0 Å². The summed E-state index contributed by atoms with van der Waals surface area (Å²) < 4.78 is 16.7. The second-order valence-electron chi connectivity index (χ2n) is 6.01. The highest BCUT2D eigenvalue weighted by Gasteiger charge is 2.52. The molecule has 1 fully saturated rings. The van der Waals surface area contributed by atoms with Crippen molar-refractivity contribution >= 4 is 13.1 Å². The molecule has 0 spiro atoms. The normalized spacial score (nSPS) is 24.8. The molecule has 1 saturated heterocycles. The third-order valence-corrected chi connectivity index (χ3v) is 4.19. The van der Waals surface area contributed by atoms with Crippen LogP contribution in [-0.4, -0.2) is 31.4 Å². The van der Waals surface area contributed by atoms with Crippen LogP contribution in [0.2, 0.25) is 0 Å². The largest absolute Gasteiger partial charge is 0.490 e. The number of hydrogen-bond acceptors (Lipinski definition) is 4. The number of methoxy groups -OCH3 is 1. The maximum absolute atomic E-state index is 11.4. The predicted molar refractivity (Wildman–Crippen MR) is 73.5 cm³/mol. The van der Waals surface area contributed by atoms with Crippen LogP contribution in [0.25, 0.3) is 0 Å². The number of hydrogen-bond donors (Lipinski definition) is 0. The van der Waals surface area contributed by atoms with Crippen LogP contribution in [0.15, 0.2) is 23.2 Å². The van der Waals surface area contributed by atoms with Gasteiger partial charge in [-0.1, -0.05) is 12.2 Å². The fraction of sp³-hybridized carbons (Fsp3) is 0.643. The van der Waals surface area contributed by atoms with Crippen LogP contribution in [-0.2, 0) is 18.8 Å². The smallest absolute Gasteiger partial charge is 0.466 e. The summed E-state index contributed by atoms with van der Waals surface area (Å²) in [5, 5.41) is 0. The Morgan fingerprint density at radius 2 is 1.74 bits per heavy atom. The van der Waals surface area contributed by atoms with Crippen LogP contribution in [0.1, 0.15) is 40.5 Å². The van der Waals surface area contributed by atoms with Crippen molar-refractivity contribution in [2.75, 3.05) is 7.11 Å². The SMILES string of the molecule is COC(=O)C1=CC=C(B2OC(C)(C)C(C)(C)O2)CC1. The Morgan fingerprint density at radius 1 is 1.16 bits per heavy atom. The van der Waals surface area contributed by atoms with Gasteiger partial charge in [-0.3, -0.25) is 0 Å². The molecule has 2 aliphatic rings. The van der Waals surface area contributed by atoms with Gasteiger partial charge in [0.2, 0.25) is 0 Å². The summed E-state index contributed by atoms with van der Waals surface area (Å²) in [5.74, 6) is -0.260. The summed E-state index contributed by atoms with van der Waals surface area (Å²) >= 11 is 0. The zero-order valence-corrected chi connectivity index (χ0v) is 12.3. The lowest BCUT2D eigenvalue weighted by molar-refractivity contribution is -0.136. The summed E-state index contributed by atoms with van der Waals surface area (Å²) in [5.41, 5.74) is 1.12. The molecule has 0 saturated carbocycles. The summed E-state index contributed by atoms with van der Waals surface area (Å²) in [7, 11) is 1.08. The van der Waals surface area contributed by atoms with E-state index in [0.717, 1.165) is 11.9 Å². The molecule has 0 unspecified atom stereocenters. The van der Waals surface area contributed by atoms with Crippen molar-refractivity contribution in [3.05, 3.63) is 23.2 Å². The van der Waals surface area contributed by atoms with Crippen LogP contribution in [0, 0.1) is 0 Å². The average molecular weight is 264 g/mol. The van der Waals surface area contributed by atoms with Crippen molar-refractivity contribution in [2.45, 2.75) is 51.7 Å². The molecule has 0 aromatic carbocycles. The third kappa shape index (κ3) is 2.62. The van der Waals surface area contributed by atoms with E-state index in [2.05, 4.69) is 0 Å². The van der Waals surface area contributed by atoms with E-state index in [1.165, 1.54) is 7.11 Å². The van der Waals surface area contributed by atoms with E-state index in [4.69, 9.17) is 14.0 Å². The van der Waals surface area contributed by atoms with Gasteiger partial charge in [0.1, 0.15) is 0 Å². The first-order valence-corrected chi connectivity index (χ1v) is 6.60. The number of esters is 1. The molecular formula is C14H21BO4. The van der Waals surface area contributed by atoms with Crippen LogP contribution in [0.5, 0.6) is 0 Å². The molecule has 0 amide bonds. The Kier molecular flexibility index (Phi) is 3.62. The van der Waals surface area contributed by atoms with Gasteiger partial charge in [0.15, 0.2) is 0 Å². The van der Waals surface area contributed by atoms with E-state index in [1.54, 1.807) is 6.08 Å². The van der Waals surface area contributed by atoms with Crippen molar-refractivity contribution in [2.24, 2.45) is 0 Å². The van der Waals surface area contributed by atoms with Gasteiger partial charge in [-0.05, 0) is 46.0 Å². The van der Waals surface area contributed by atoms with E-state index in [9.17, 15) is 4.79 Å². The quantitative estimate of drug-likeness (QED) is 0.567. The fourth-order valence-electron chi connectivity index (χ4n) is 2.15. The third-order valence-electron chi connectivity index (χ3n) is 4.19. The Hall–Kier alpha value is -1.07. The van der Waals surface area contributed by atoms with Crippen molar-refractivity contribution in [1.29, 1.82) is 0 Å². The lowest BCUT2D eigenvalue weighted by Gasteiger charge is -2.32. The van der Waals surface area contributed by atoms with Crippen molar-refractivity contribution < 1.29 is 18.8 Å². The minimum Gasteiger partial charge on any atom is -0.466 e. The molecule has 0 aromatic heterocycles. The average Bonchev–Trinajstić information content (AvgIpc) is 2.58. The molecule has 2 rings (SSSR count). The first-order chi connectivity index (χ1) is 8.77. The minimum atomic E-state index is -0.329. The summed E-state index contributed by atoms with van der Waals surface area (Å²) in [6.07, 6.45) is 5.15. The number of carbonyl (C=O) groups excluding carboxylic acids is 1. The Morgan fingerprint density at radius 3 is 2.16 bits per heavy atom. The van der Waals surface area contributed by atoms with Gasteiger partial charge < -0.3 is 14.0 Å². The fourth-order valence-corrected chi connectivity index (χ4v) is 2.15. The second-order valence-corrected chi connectivity index (χ2v) is 6.01. The second kappa shape index (κ2) is 4.80. The molecule has 0 bridgehead atoms. The lowest BCUT2D eigenvalue weighted by Crippen LogP contribution is -2.41. The van der Waals surface area contributed by atoms with Crippen molar-refractivity contribution in [3.8, 4) is 0 Å². The van der Waals surface area contributed by atoms with Gasteiger partial charge in [0, 0.05) is 5.57 Å². The first kappa shape index (κ1) is 14.3. The Balaban J connectivity index is 2.12. The summed E-state index contributed by atoms with van der Waals surface area (Å²) in [6, 6.07) is 0. The van der Waals surface area contributed by atoms with Gasteiger partial charge in [-0.25, -0.2) is 4.79 Å². The number of rotatable bonds is 2. The maximum Gasteiger partial charge on any atom is 0.490 e. The van der Waals surface area contributed by atoms with Crippen molar-refractivity contribution in [3.63, 3.8) is 0 Å². The van der Waals surface area contributed by atoms with E-state index in [-0.39, 0.29) is 24.3 Å². The van der Waals surface area contributed by atoms with Crippen LogP contribution >= 0.6 is 0 Å². The molecule has 1 heterocycles. The molecular weight excluding hydrogens is 243 g/mol. The molecule has 104 valence electrons. The van der Waals surface area contributed by atoms with Crippen molar-refractivity contribution in [1.82, 2.24) is 0 Å². The van der Waals surface area contributed by atoms with Gasteiger partial charge in [-0.15, -0.1) is 0 Å². The molecule has 1 aliphatic heterocycles. The zero-order chi connectivity index (χ0) is 14.3. The summed E-state index contributed by atoms with van der Waals surface area (Å²) in [6.45, 7) is 8.14. The zero-order valence-electron chi connectivity index (χ0n) is 12.3. The van der Waals surface area contributed by atoms with E-state index in [0.29, 0.717) is 12.0 Å². The molecule has 4 nitrogen and oxygen atoms in total. The standard InChI is InChI=1S/C14H21BO4/c1-13(2)14(3,4)19-15(18-13)11-8-6-10(7-9-11)12(16)17-5/h6,8H,7,9H2,1-5H3. The van der Waals surface area contributed by atoms with Crippen LogP contribution < -0.4 is 0 Å². The number of ether oxygens (including phenoxy) is 1. The molecule has 1 aliphatic carbocycles. The Labute approximate surface area is 114 Å². The molecule has 0 radical (unpaired) electrons. The first-order valence-electron chi connectivity index (χ1n) is 6.60. The van der Waals surface area contributed by atoms with E-state index >= 15 is 0 Å². The summed E-state index contributed by atoms with van der Waals surface area (Å²) in [4.78, 5) is 11.4. The van der Waals surface area contributed by atoms with Gasteiger partial charge in [0.25, 0.3) is 0 Å². The molecule has 0 aromatic rings. The lowest BCUT2D eigenvalue weighted by atomic mass is 9.73. The monoisotopic (exact) mass is 264 g/mol. The van der Waals surface area contributed by atoms with Crippen LogP contribution in [0.3, 0.4) is 0 Å². The Bertz CT molecular complexity index is 432. The van der Waals surface area contributed by atoms with Gasteiger partial charge in [-0.2, -0.15) is 0 Å². The molecule has 0 N–H and O–H groups in total. The highest BCUT2D eigenvalue weighted by Crippen LogP contribution is 2.40. The predicted octanol–water partition coefficient (Wildman–Crippen LogP) is 2.44. The maximum atomic E-state index is 11.4. The topological polar surface area (TPSA) is 44.8 Å². The van der Waals surface area contributed by atoms with E-state index < -0.39 is 0 Å². The minimum absolute atomic E-state index is 0.260. The van der Waals surface area contributed by atoms with Gasteiger partial charge >= 0.3 is 13.1 Å². The van der Waals surface area contributed by atoms with E-state index in [1.807, 2.05) is 33.8 Å².